The molecule has 1 amide bonds. The Morgan fingerprint density at radius 1 is 1.30 bits per heavy atom. The normalized spacial score (nSPS) is 21.0. The fourth-order valence-corrected chi connectivity index (χ4v) is 3.54. The van der Waals surface area contributed by atoms with Crippen molar-refractivity contribution in [1.82, 2.24) is 4.90 Å². The maximum absolute atomic E-state index is 12.6. The molecule has 23 heavy (non-hydrogen) atoms. The molecular formula is C17H23N3O3. The molecule has 0 saturated carbocycles. The number of methoxy groups -OCH3 is 1. The topological polar surface area (TPSA) is 70.7 Å². The molecule has 2 aliphatic rings. The average molecular weight is 317 g/mol. The molecule has 0 unspecified atom stereocenters. The van der Waals surface area contributed by atoms with Gasteiger partial charge in [0.1, 0.15) is 11.6 Å². The first-order valence-electron chi connectivity index (χ1n) is 8.10. The Labute approximate surface area is 136 Å². The van der Waals surface area contributed by atoms with Crippen molar-refractivity contribution in [3.8, 4) is 0 Å². The number of amides is 1. The Balaban J connectivity index is 1.73. The van der Waals surface area contributed by atoms with Crippen molar-refractivity contribution < 1.29 is 14.3 Å². The minimum absolute atomic E-state index is 0.0157. The molecule has 2 N–H and O–H groups in total. The van der Waals surface area contributed by atoms with E-state index in [1.807, 2.05) is 31.2 Å². The number of para-hydroxylation sites is 2. The molecule has 0 aromatic heterocycles. The molecule has 0 aliphatic carbocycles. The van der Waals surface area contributed by atoms with Crippen LogP contribution in [0.5, 0.6) is 0 Å². The number of likely N-dealkylation sites (tertiary alicyclic amines) is 1. The van der Waals surface area contributed by atoms with Gasteiger partial charge in [0.2, 0.25) is 5.91 Å². The number of anilines is 2. The second-order valence-electron chi connectivity index (χ2n) is 6.19. The molecule has 1 aromatic rings. The van der Waals surface area contributed by atoms with Gasteiger partial charge in [-0.1, -0.05) is 19.1 Å². The van der Waals surface area contributed by atoms with Crippen molar-refractivity contribution >= 4 is 23.3 Å². The molecule has 0 radical (unpaired) electrons. The van der Waals surface area contributed by atoms with Gasteiger partial charge in [-0.15, -0.1) is 0 Å². The summed E-state index contributed by atoms with van der Waals surface area (Å²) in [5.41, 5.74) is 1.20. The number of rotatable bonds is 3. The number of nitrogens with one attached hydrogen (secondary N) is 2. The predicted octanol–water partition coefficient (Wildman–Crippen LogP) is 1.84. The quantitative estimate of drug-likeness (QED) is 0.833. The van der Waals surface area contributed by atoms with Crippen LogP contribution >= 0.6 is 0 Å². The number of ether oxygens (including phenoxy) is 1. The van der Waals surface area contributed by atoms with E-state index in [1.165, 1.54) is 7.11 Å². The molecule has 1 aromatic carbocycles. The summed E-state index contributed by atoms with van der Waals surface area (Å²) in [5.74, 6) is -0.184. The average Bonchev–Trinajstić information content (AvgIpc) is 2.58. The molecule has 0 bridgehead atoms. The van der Waals surface area contributed by atoms with E-state index in [1.54, 1.807) is 0 Å². The van der Waals surface area contributed by atoms with Crippen molar-refractivity contribution in [2.75, 3.05) is 30.8 Å². The number of benzene rings is 1. The highest BCUT2D eigenvalue weighted by atomic mass is 16.5. The van der Waals surface area contributed by atoms with Crippen molar-refractivity contribution in [1.29, 1.82) is 0 Å². The van der Waals surface area contributed by atoms with Crippen molar-refractivity contribution in [3.63, 3.8) is 0 Å². The SMILES string of the molecule is CC[C@H](C(=O)OC)N1CCC2(CC1)Nc1ccccc1NC2=O. The highest BCUT2D eigenvalue weighted by Crippen LogP contribution is 2.36. The predicted molar refractivity (Wildman–Crippen MR) is 88.3 cm³/mol. The summed E-state index contributed by atoms with van der Waals surface area (Å²) in [6.07, 6.45) is 2.05. The van der Waals surface area contributed by atoms with Gasteiger partial charge in [0.15, 0.2) is 0 Å². The first-order valence-corrected chi connectivity index (χ1v) is 8.10. The molecule has 1 fully saturated rings. The smallest absolute Gasteiger partial charge is 0.323 e. The number of hydrogen-bond donors (Lipinski definition) is 2. The molecule has 2 aliphatic heterocycles. The van der Waals surface area contributed by atoms with Crippen LogP contribution in [0, 0.1) is 0 Å². The number of carbonyl (C=O) groups excluding carboxylic acids is 2. The van der Waals surface area contributed by atoms with E-state index in [-0.39, 0.29) is 17.9 Å². The van der Waals surface area contributed by atoms with Gasteiger partial charge in [-0.25, -0.2) is 0 Å². The van der Waals surface area contributed by atoms with E-state index < -0.39 is 5.54 Å². The molecule has 6 heteroatoms. The van der Waals surface area contributed by atoms with Crippen LogP contribution < -0.4 is 10.6 Å². The zero-order valence-electron chi connectivity index (χ0n) is 13.6. The third-order valence-electron chi connectivity index (χ3n) is 4.94. The molecule has 3 rings (SSSR count). The summed E-state index contributed by atoms with van der Waals surface area (Å²) < 4.78 is 4.89. The Kier molecular flexibility index (Phi) is 4.26. The molecule has 1 saturated heterocycles. The van der Waals surface area contributed by atoms with Gasteiger partial charge < -0.3 is 15.4 Å². The summed E-state index contributed by atoms with van der Waals surface area (Å²) in [4.78, 5) is 26.6. The molecule has 124 valence electrons. The number of piperidine rings is 1. The van der Waals surface area contributed by atoms with E-state index in [2.05, 4.69) is 15.5 Å². The first-order chi connectivity index (χ1) is 11.1. The molecular weight excluding hydrogens is 294 g/mol. The lowest BCUT2D eigenvalue weighted by atomic mass is 9.83. The number of nitrogens with zero attached hydrogens (tertiary/aromatic N) is 1. The highest BCUT2D eigenvalue weighted by Gasteiger charge is 2.45. The lowest BCUT2D eigenvalue weighted by Crippen LogP contribution is -2.60. The fourth-order valence-electron chi connectivity index (χ4n) is 3.54. The standard InChI is InChI=1S/C17H23N3O3/c1-3-14(15(21)23-2)20-10-8-17(9-11-20)16(22)18-12-6-4-5-7-13(12)19-17/h4-7,14,19H,3,8-11H2,1-2H3,(H,18,22)/t14-/m1/s1. The van der Waals surface area contributed by atoms with Gasteiger partial charge in [-0.3, -0.25) is 14.5 Å². The zero-order chi connectivity index (χ0) is 16.4. The van der Waals surface area contributed by atoms with Crippen LogP contribution in [0.1, 0.15) is 26.2 Å². The number of carbonyl (C=O) groups is 2. The second kappa shape index (κ2) is 6.20. The van der Waals surface area contributed by atoms with Crippen LogP contribution in [0.4, 0.5) is 11.4 Å². The van der Waals surface area contributed by atoms with Gasteiger partial charge in [0.05, 0.1) is 18.5 Å². The molecule has 1 atom stereocenters. The van der Waals surface area contributed by atoms with Crippen LogP contribution in [-0.2, 0) is 14.3 Å². The van der Waals surface area contributed by atoms with Crippen LogP contribution in [0.15, 0.2) is 24.3 Å². The highest BCUT2D eigenvalue weighted by molar-refractivity contribution is 6.06. The van der Waals surface area contributed by atoms with Crippen LogP contribution in [0.25, 0.3) is 0 Å². The molecule has 2 heterocycles. The van der Waals surface area contributed by atoms with Gasteiger partial charge in [-0.2, -0.15) is 0 Å². The van der Waals surface area contributed by atoms with Crippen LogP contribution in [-0.4, -0.2) is 48.6 Å². The summed E-state index contributed by atoms with van der Waals surface area (Å²) in [6, 6.07) is 7.51. The van der Waals surface area contributed by atoms with Crippen molar-refractivity contribution in [2.45, 2.75) is 37.8 Å². The number of esters is 1. The third-order valence-corrected chi connectivity index (χ3v) is 4.94. The van der Waals surface area contributed by atoms with E-state index in [0.717, 1.165) is 11.4 Å². The summed E-state index contributed by atoms with van der Waals surface area (Å²) in [7, 11) is 1.42. The van der Waals surface area contributed by atoms with Crippen molar-refractivity contribution in [3.05, 3.63) is 24.3 Å². The summed E-state index contributed by atoms with van der Waals surface area (Å²) in [6.45, 7) is 3.36. The Hall–Kier alpha value is -2.08. The number of hydrogen-bond acceptors (Lipinski definition) is 5. The Morgan fingerprint density at radius 2 is 1.96 bits per heavy atom. The summed E-state index contributed by atoms with van der Waals surface area (Å²) >= 11 is 0. The Morgan fingerprint density at radius 3 is 2.57 bits per heavy atom. The lowest BCUT2D eigenvalue weighted by molar-refractivity contribution is -0.147. The lowest BCUT2D eigenvalue weighted by Gasteiger charge is -2.45. The Bertz CT molecular complexity index is 609. The monoisotopic (exact) mass is 317 g/mol. The minimum Gasteiger partial charge on any atom is -0.468 e. The largest absolute Gasteiger partial charge is 0.468 e. The van der Waals surface area contributed by atoms with E-state index in [9.17, 15) is 9.59 Å². The van der Waals surface area contributed by atoms with E-state index in [0.29, 0.717) is 32.4 Å². The third kappa shape index (κ3) is 2.79. The second-order valence-corrected chi connectivity index (χ2v) is 6.19. The van der Waals surface area contributed by atoms with Gasteiger partial charge in [-0.05, 0) is 31.4 Å². The maximum atomic E-state index is 12.6. The van der Waals surface area contributed by atoms with Gasteiger partial charge in [0, 0.05) is 13.1 Å². The maximum Gasteiger partial charge on any atom is 0.323 e. The molecule has 1 spiro atoms. The van der Waals surface area contributed by atoms with Crippen LogP contribution in [0.3, 0.4) is 0 Å². The fraction of sp³-hybridized carbons (Fsp3) is 0.529. The van der Waals surface area contributed by atoms with E-state index in [4.69, 9.17) is 4.74 Å². The summed E-state index contributed by atoms with van der Waals surface area (Å²) in [5, 5.41) is 6.43. The minimum atomic E-state index is -0.584. The first kappa shape index (κ1) is 15.8. The molecule has 6 nitrogen and oxygen atoms in total. The zero-order valence-corrected chi connectivity index (χ0v) is 13.6. The van der Waals surface area contributed by atoms with E-state index >= 15 is 0 Å². The van der Waals surface area contributed by atoms with Gasteiger partial charge in [0.25, 0.3) is 0 Å². The van der Waals surface area contributed by atoms with Gasteiger partial charge >= 0.3 is 5.97 Å². The van der Waals surface area contributed by atoms with Crippen LogP contribution in [0.2, 0.25) is 0 Å². The van der Waals surface area contributed by atoms with Crippen molar-refractivity contribution in [2.24, 2.45) is 0 Å². The number of fused-ring (bicyclic) bond motifs is 1.